The van der Waals surface area contributed by atoms with Crippen LogP contribution in [0.15, 0.2) is 29.6 Å². The highest BCUT2D eigenvalue weighted by Gasteiger charge is 2.20. The fourth-order valence-electron chi connectivity index (χ4n) is 2.39. The fraction of sp³-hybridized carbons (Fsp3) is 0.500. The van der Waals surface area contributed by atoms with Gasteiger partial charge in [-0.15, -0.1) is 11.3 Å². The molecule has 0 bridgehead atoms. The Morgan fingerprint density at radius 1 is 1.14 bits per heavy atom. The second-order valence-corrected chi connectivity index (χ2v) is 8.86. The molecule has 0 amide bonds. The van der Waals surface area contributed by atoms with Crippen LogP contribution in [0.5, 0.6) is 5.75 Å². The maximum atomic E-state index is 12.6. The molecule has 6 heteroatoms. The van der Waals surface area contributed by atoms with Crippen LogP contribution in [0.3, 0.4) is 0 Å². The molecule has 0 aliphatic rings. The molecule has 0 spiro atoms. The lowest BCUT2D eigenvalue weighted by molar-refractivity contribution is -0.127. The normalized spacial score (nSPS) is 11.6. The van der Waals surface area contributed by atoms with Crippen LogP contribution < -0.4 is 4.74 Å². The molecule has 0 unspecified atom stereocenters. The summed E-state index contributed by atoms with van der Waals surface area (Å²) in [7, 11) is 0. The Morgan fingerprint density at radius 2 is 1.89 bits per heavy atom. The Bertz CT molecular complexity index is 805. The molecule has 5 nitrogen and oxygen atoms in total. The molecule has 2 aromatic rings. The van der Waals surface area contributed by atoms with Crippen molar-refractivity contribution in [3.8, 4) is 5.75 Å². The van der Waals surface area contributed by atoms with Gasteiger partial charge in [0.1, 0.15) is 23.8 Å². The van der Waals surface area contributed by atoms with E-state index in [-0.39, 0.29) is 17.0 Å². The maximum Gasteiger partial charge on any atom is 0.212 e. The fourth-order valence-corrected chi connectivity index (χ4v) is 3.21. The highest BCUT2D eigenvalue weighted by Crippen LogP contribution is 2.22. The standard InChI is InChI=1S/C22H29NO4S/c1-15(2)21-23-18(14-28-21)20(25)16-7-6-8-17(13-16)27-12-11-26-10-9-19(24)22(3,4)5/h6-8,13-15H,9-12H2,1-5H3. The number of ether oxygens (including phenoxy) is 2. The van der Waals surface area contributed by atoms with E-state index < -0.39 is 0 Å². The Kier molecular flexibility index (Phi) is 7.89. The summed E-state index contributed by atoms with van der Waals surface area (Å²) in [5.74, 6) is 0.993. The van der Waals surface area contributed by atoms with Crippen LogP contribution in [-0.4, -0.2) is 36.4 Å². The van der Waals surface area contributed by atoms with Gasteiger partial charge in [-0.25, -0.2) is 4.98 Å². The van der Waals surface area contributed by atoms with E-state index in [1.807, 2.05) is 20.8 Å². The third kappa shape index (κ3) is 6.53. The van der Waals surface area contributed by atoms with Crippen LogP contribution in [0.25, 0.3) is 0 Å². The van der Waals surface area contributed by atoms with Crippen molar-refractivity contribution in [2.24, 2.45) is 5.41 Å². The summed E-state index contributed by atoms with van der Waals surface area (Å²) in [6, 6.07) is 7.08. The number of hydrogen-bond acceptors (Lipinski definition) is 6. The molecule has 1 aromatic heterocycles. The van der Waals surface area contributed by atoms with Crippen LogP contribution in [0.2, 0.25) is 0 Å². The van der Waals surface area contributed by atoms with E-state index >= 15 is 0 Å². The third-order valence-electron chi connectivity index (χ3n) is 4.15. The molecule has 2 rings (SSSR count). The van der Waals surface area contributed by atoms with E-state index in [0.29, 0.717) is 49.2 Å². The van der Waals surface area contributed by atoms with Gasteiger partial charge in [-0.05, 0) is 12.1 Å². The third-order valence-corrected chi connectivity index (χ3v) is 5.30. The molecule has 1 heterocycles. The highest BCUT2D eigenvalue weighted by atomic mass is 32.1. The summed E-state index contributed by atoms with van der Waals surface area (Å²) >= 11 is 1.51. The molecule has 0 atom stereocenters. The van der Waals surface area contributed by atoms with E-state index in [1.165, 1.54) is 11.3 Å². The van der Waals surface area contributed by atoms with Crippen molar-refractivity contribution in [1.29, 1.82) is 0 Å². The zero-order chi connectivity index (χ0) is 20.7. The molecule has 0 saturated carbocycles. The SMILES string of the molecule is CC(C)c1nc(C(=O)c2cccc(OCCOCCC(=O)C(C)(C)C)c2)cs1. The Balaban J connectivity index is 1.81. The van der Waals surface area contributed by atoms with Crippen LogP contribution in [-0.2, 0) is 9.53 Å². The lowest BCUT2D eigenvalue weighted by Gasteiger charge is -2.16. The first-order valence-electron chi connectivity index (χ1n) is 9.52. The number of rotatable bonds is 10. The first kappa shape index (κ1) is 22.2. The number of Topliss-reactive ketones (excluding diaryl/α,β-unsaturated/α-hetero) is 1. The molecular weight excluding hydrogens is 374 g/mol. The number of thiazole rings is 1. The van der Waals surface area contributed by atoms with Gasteiger partial charge in [-0.3, -0.25) is 9.59 Å². The van der Waals surface area contributed by atoms with E-state index in [0.717, 1.165) is 5.01 Å². The number of benzene rings is 1. The maximum absolute atomic E-state index is 12.6. The van der Waals surface area contributed by atoms with E-state index in [1.54, 1.807) is 29.6 Å². The molecule has 0 aliphatic carbocycles. The van der Waals surface area contributed by atoms with E-state index in [4.69, 9.17) is 9.47 Å². The predicted molar refractivity (Wildman–Crippen MR) is 111 cm³/mol. The Hall–Kier alpha value is -2.05. The molecule has 0 N–H and O–H groups in total. The van der Waals surface area contributed by atoms with Crippen molar-refractivity contribution in [1.82, 2.24) is 4.98 Å². The molecule has 152 valence electrons. The van der Waals surface area contributed by atoms with Crippen LogP contribution >= 0.6 is 11.3 Å². The van der Waals surface area contributed by atoms with Crippen molar-refractivity contribution < 1.29 is 19.1 Å². The number of hydrogen-bond donors (Lipinski definition) is 0. The summed E-state index contributed by atoms with van der Waals surface area (Å²) in [6.45, 7) is 11.0. The Morgan fingerprint density at radius 3 is 2.54 bits per heavy atom. The second-order valence-electron chi connectivity index (χ2n) is 7.97. The van der Waals surface area contributed by atoms with Crippen molar-refractivity contribution in [3.63, 3.8) is 0 Å². The first-order valence-corrected chi connectivity index (χ1v) is 10.4. The largest absolute Gasteiger partial charge is 0.491 e. The average molecular weight is 404 g/mol. The summed E-state index contributed by atoms with van der Waals surface area (Å²) in [6.07, 6.45) is 0.402. The molecule has 0 aliphatic heterocycles. The van der Waals surface area contributed by atoms with Gasteiger partial charge in [-0.1, -0.05) is 46.8 Å². The van der Waals surface area contributed by atoms with Crippen molar-refractivity contribution >= 4 is 22.9 Å². The Labute approximate surface area is 171 Å². The van der Waals surface area contributed by atoms with Gasteiger partial charge < -0.3 is 9.47 Å². The number of ketones is 2. The van der Waals surface area contributed by atoms with E-state index in [2.05, 4.69) is 18.8 Å². The zero-order valence-electron chi connectivity index (χ0n) is 17.3. The number of nitrogens with zero attached hydrogens (tertiary/aromatic N) is 1. The summed E-state index contributed by atoms with van der Waals surface area (Å²) in [5.41, 5.74) is 0.688. The molecule has 0 fully saturated rings. The quantitative estimate of drug-likeness (QED) is 0.417. The summed E-state index contributed by atoms with van der Waals surface area (Å²) < 4.78 is 11.1. The van der Waals surface area contributed by atoms with Gasteiger partial charge in [0.15, 0.2) is 0 Å². The molecule has 28 heavy (non-hydrogen) atoms. The molecular formula is C22H29NO4S. The minimum Gasteiger partial charge on any atom is -0.491 e. The summed E-state index contributed by atoms with van der Waals surface area (Å²) in [4.78, 5) is 28.9. The second kappa shape index (κ2) is 9.94. The molecule has 0 saturated heterocycles. The lowest BCUT2D eigenvalue weighted by Crippen LogP contribution is -2.22. The van der Waals surface area contributed by atoms with Crippen molar-refractivity contribution in [2.75, 3.05) is 19.8 Å². The van der Waals surface area contributed by atoms with E-state index in [9.17, 15) is 9.59 Å². The zero-order valence-corrected chi connectivity index (χ0v) is 18.1. The van der Waals surface area contributed by atoms with Gasteiger partial charge in [0.05, 0.1) is 18.2 Å². The minimum absolute atomic E-state index is 0.106. The molecule has 1 aromatic carbocycles. The average Bonchev–Trinajstić information content (AvgIpc) is 3.13. The predicted octanol–water partition coefficient (Wildman–Crippen LogP) is 4.90. The smallest absolute Gasteiger partial charge is 0.212 e. The monoisotopic (exact) mass is 403 g/mol. The van der Waals surface area contributed by atoms with Crippen LogP contribution in [0.1, 0.15) is 68.0 Å². The van der Waals surface area contributed by atoms with Gasteiger partial charge in [0.2, 0.25) is 5.78 Å². The van der Waals surface area contributed by atoms with Gasteiger partial charge in [-0.2, -0.15) is 0 Å². The van der Waals surface area contributed by atoms with Crippen molar-refractivity contribution in [3.05, 3.63) is 45.9 Å². The first-order chi connectivity index (χ1) is 13.2. The van der Waals surface area contributed by atoms with Crippen LogP contribution in [0, 0.1) is 5.41 Å². The van der Waals surface area contributed by atoms with Crippen molar-refractivity contribution in [2.45, 2.75) is 47.0 Å². The summed E-state index contributed by atoms with van der Waals surface area (Å²) in [5, 5.41) is 2.76. The number of carbonyl (C=O) groups is 2. The molecule has 0 radical (unpaired) electrons. The number of aromatic nitrogens is 1. The van der Waals surface area contributed by atoms with Crippen LogP contribution in [0.4, 0.5) is 0 Å². The van der Waals surface area contributed by atoms with Gasteiger partial charge in [0, 0.05) is 28.7 Å². The lowest BCUT2D eigenvalue weighted by atomic mass is 9.89. The topological polar surface area (TPSA) is 65.5 Å². The van der Waals surface area contributed by atoms with Gasteiger partial charge >= 0.3 is 0 Å². The van der Waals surface area contributed by atoms with Gasteiger partial charge in [0.25, 0.3) is 0 Å². The minimum atomic E-state index is -0.333. The number of carbonyl (C=O) groups excluding carboxylic acids is 2. The highest BCUT2D eigenvalue weighted by molar-refractivity contribution is 7.09.